The Kier molecular flexibility index (Phi) is 5.50. The first-order valence-electron chi connectivity index (χ1n) is 8.02. The number of ketones is 1. The van der Waals surface area contributed by atoms with Crippen molar-refractivity contribution in [1.29, 1.82) is 0 Å². The Hall–Kier alpha value is -2.60. The van der Waals surface area contributed by atoms with Crippen molar-refractivity contribution in [2.45, 2.75) is 12.1 Å². The van der Waals surface area contributed by atoms with E-state index >= 15 is 0 Å². The fourth-order valence-corrected chi connectivity index (χ4v) is 3.20. The lowest BCUT2D eigenvalue weighted by atomic mass is 10.1. The molecule has 0 saturated heterocycles. The Morgan fingerprint density at radius 2 is 1.80 bits per heavy atom. The van der Waals surface area contributed by atoms with Crippen LogP contribution in [0.25, 0.3) is 11.4 Å². The van der Waals surface area contributed by atoms with Gasteiger partial charge in [0.15, 0.2) is 16.8 Å². The molecule has 0 fully saturated rings. The SMILES string of the molecule is CCOc1ccc(C(=O)CSc2nnc(-c3ccccc3)n2C)cc1. The Balaban J connectivity index is 1.65. The molecule has 0 aliphatic rings. The number of rotatable bonds is 7. The van der Waals surface area contributed by atoms with E-state index in [4.69, 9.17) is 4.74 Å². The fourth-order valence-electron chi connectivity index (χ4n) is 2.40. The lowest BCUT2D eigenvalue weighted by Crippen LogP contribution is -2.04. The largest absolute Gasteiger partial charge is 0.494 e. The van der Waals surface area contributed by atoms with Gasteiger partial charge in [-0.2, -0.15) is 0 Å². The maximum Gasteiger partial charge on any atom is 0.191 e. The van der Waals surface area contributed by atoms with Crippen LogP contribution in [0.15, 0.2) is 59.8 Å². The summed E-state index contributed by atoms with van der Waals surface area (Å²) in [7, 11) is 1.91. The number of benzene rings is 2. The molecule has 0 amide bonds. The zero-order chi connectivity index (χ0) is 17.6. The molecule has 0 unspecified atom stereocenters. The highest BCUT2D eigenvalue weighted by atomic mass is 32.2. The van der Waals surface area contributed by atoms with Gasteiger partial charge >= 0.3 is 0 Å². The number of carbonyl (C=O) groups excluding carboxylic acids is 1. The van der Waals surface area contributed by atoms with E-state index in [1.165, 1.54) is 11.8 Å². The fraction of sp³-hybridized carbons (Fsp3) is 0.211. The minimum Gasteiger partial charge on any atom is -0.494 e. The van der Waals surface area contributed by atoms with E-state index in [1.807, 2.05) is 61.0 Å². The van der Waals surface area contributed by atoms with Gasteiger partial charge in [-0.05, 0) is 31.2 Å². The molecule has 0 radical (unpaired) electrons. The van der Waals surface area contributed by atoms with Crippen LogP contribution in [0.3, 0.4) is 0 Å². The van der Waals surface area contributed by atoms with Crippen LogP contribution in [0, 0.1) is 0 Å². The second-order valence-electron chi connectivity index (χ2n) is 5.40. The van der Waals surface area contributed by atoms with Crippen molar-refractivity contribution < 1.29 is 9.53 Å². The highest BCUT2D eigenvalue weighted by molar-refractivity contribution is 7.99. The minimum absolute atomic E-state index is 0.0531. The molecule has 128 valence electrons. The Bertz CT molecular complexity index is 845. The standard InChI is InChI=1S/C19H19N3O2S/c1-3-24-16-11-9-14(10-12-16)17(23)13-25-19-21-20-18(22(19)2)15-7-5-4-6-8-15/h4-12H,3,13H2,1-2H3. The van der Waals surface area contributed by atoms with Crippen LogP contribution in [-0.2, 0) is 7.05 Å². The molecule has 3 aromatic rings. The zero-order valence-electron chi connectivity index (χ0n) is 14.2. The highest BCUT2D eigenvalue weighted by Crippen LogP contribution is 2.23. The number of Topliss-reactive ketones (excluding diaryl/α,β-unsaturated/α-hetero) is 1. The van der Waals surface area contributed by atoms with Gasteiger partial charge in [0.1, 0.15) is 5.75 Å². The van der Waals surface area contributed by atoms with E-state index in [2.05, 4.69) is 10.2 Å². The maximum atomic E-state index is 12.4. The third kappa shape index (κ3) is 4.09. The van der Waals surface area contributed by atoms with Crippen molar-refractivity contribution in [3.63, 3.8) is 0 Å². The Morgan fingerprint density at radius 3 is 2.48 bits per heavy atom. The molecule has 5 nitrogen and oxygen atoms in total. The summed E-state index contributed by atoms with van der Waals surface area (Å²) in [4.78, 5) is 12.4. The number of hydrogen-bond donors (Lipinski definition) is 0. The van der Waals surface area contributed by atoms with Crippen LogP contribution in [0.5, 0.6) is 5.75 Å². The first kappa shape index (κ1) is 17.2. The summed E-state index contributed by atoms with van der Waals surface area (Å²) in [5.41, 5.74) is 1.67. The zero-order valence-corrected chi connectivity index (χ0v) is 15.0. The summed E-state index contributed by atoms with van der Waals surface area (Å²) < 4.78 is 7.30. The van der Waals surface area contributed by atoms with E-state index in [0.29, 0.717) is 17.9 Å². The topological polar surface area (TPSA) is 57.0 Å². The summed E-state index contributed by atoms with van der Waals surface area (Å²) >= 11 is 1.39. The number of nitrogens with zero attached hydrogens (tertiary/aromatic N) is 3. The number of hydrogen-bond acceptors (Lipinski definition) is 5. The summed E-state index contributed by atoms with van der Waals surface area (Å²) in [6.45, 7) is 2.54. The van der Waals surface area contributed by atoms with Gasteiger partial charge < -0.3 is 9.30 Å². The number of carbonyl (C=O) groups is 1. The van der Waals surface area contributed by atoms with E-state index < -0.39 is 0 Å². The number of thioether (sulfide) groups is 1. The van der Waals surface area contributed by atoms with E-state index in [-0.39, 0.29) is 5.78 Å². The molecule has 2 aromatic carbocycles. The monoisotopic (exact) mass is 353 g/mol. The average Bonchev–Trinajstić information content (AvgIpc) is 3.02. The second kappa shape index (κ2) is 7.98. The smallest absolute Gasteiger partial charge is 0.191 e. The number of aromatic nitrogens is 3. The molecule has 1 heterocycles. The molecule has 25 heavy (non-hydrogen) atoms. The third-order valence-corrected chi connectivity index (χ3v) is 4.71. The van der Waals surface area contributed by atoms with Gasteiger partial charge in [-0.3, -0.25) is 4.79 Å². The summed E-state index contributed by atoms with van der Waals surface area (Å²) in [6.07, 6.45) is 0. The van der Waals surface area contributed by atoms with Crippen LogP contribution in [0.2, 0.25) is 0 Å². The molecule has 0 saturated carbocycles. The Morgan fingerprint density at radius 1 is 1.08 bits per heavy atom. The van der Waals surface area contributed by atoms with Crippen molar-refractivity contribution in [3.05, 3.63) is 60.2 Å². The average molecular weight is 353 g/mol. The van der Waals surface area contributed by atoms with Gasteiger partial charge in [0.25, 0.3) is 0 Å². The molecule has 3 rings (SSSR count). The van der Waals surface area contributed by atoms with Gasteiger partial charge in [-0.25, -0.2) is 0 Å². The normalized spacial score (nSPS) is 10.6. The minimum atomic E-state index is 0.0531. The quantitative estimate of drug-likeness (QED) is 0.477. The summed E-state index contributed by atoms with van der Waals surface area (Å²) in [5, 5.41) is 9.15. The van der Waals surface area contributed by atoms with Crippen LogP contribution < -0.4 is 4.74 Å². The van der Waals surface area contributed by atoms with Gasteiger partial charge in [-0.1, -0.05) is 42.1 Å². The molecule has 0 atom stereocenters. The molecule has 1 aromatic heterocycles. The van der Waals surface area contributed by atoms with Gasteiger partial charge in [0.05, 0.1) is 12.4 Å². The summed E-state index contributed by atoms with van der Waals surface area (Å²) in [5.74, 6) is 1.93. The van der Waals surface area contributed by atoms with Crippen molar-refractivity contribution in [2.24, 2.45) is 7.05 Å². The van der Waals surface area contributed by atoms with Crippen molar-refractivity contribution in [3.8, 4) is 17.1 Å². The van der Waals surface area contributed by atoms with Crippen LogP contribution in [0.1, 0.15) is 17.3 Å². The summed E-state index contributed by atoms with van der Waals surface area (Å²) in [6, 6.07) is 17.1. The van der Waals surface area contributed by atoms with Gasteiger partial charge in [-0.15, -0.1) is 10.2 Å². The molecule has 0 N–H and O–H groups in total. The number of ether oxygens (including phenoxy) is 1. The first-order chi connectivity index (χ1) is 12.2. The molecule has 0 bridgehead atoms. The van der Waals surface area contributed by atoms with Crippen LogP contribution >= 0.6 is 11.8 Å². The molecular weight excluding hydrogens is 334 g/mol. The maximum absolute atomic E-state index is 12.4. The molecule has 0 aliphatic heterocycles. The molecule has 0 aliphatic carbocycles. The van der Waals surface area contributed by atoms with E-state index in [9.17, 15) is 4.79 Å². The second-order valence-corrected chi connectivity index (χ2v) is 6.34. The lowest BCUT2D eigenvalue weighted by Gasteiger charge is -2.05. The van der Waals surface area contributed by atoms with Crippen LogP contribution in [0.4, 0.5) is 0 Å². The first-order valence-corrected chi connectivity index (χ1v) is 9.01. The third-order valence-electron chi connectivity index (χ3n) is 3.69. The molecular formula is C19H19N3O2S. The predicted molar refractivity (Wildman–Crippen MR) is 99.1 cm³/mol. The highest BCUT2D eigenvalue weighted by Gasteiger charge is 2.13. The molecule has 0 spiro atoms. The predicted octanol–water partition coefficient (Wildman–Crippen LogP) is 3.86. The van der Waals surface area contributed by atoms with Gasteiger partial charge in [0, 0.05) is 18.2 Å². The van der Waals surface area contributed by atoms with Crippen molar-refractivity contribution in [1.82, 2.24) is 14.8 Å². The van der Waals surface area contributed by atoms with Gasteiger partial charge in [0.2, 0.25) is 0 Å². The van der Waals surface area contributed by atoms with Crippen LogP contribution in [-0.4, -0.2) is 32.9 Å². The molecule has 6 heteroatoms. The van der Waals surface area contributed by atoms with E-state index in [0.717, 1.165) is 22.3 Å². The van der Waals surface area contributed by atoms with Crippen molar-refractivity contribution >= 4 is 17.5 Å². The lowest BCUT2D eigenvalue weighted by molar-refractivity contribution is 0.102. The van der Waals surface area contributed by atoms with E-state index in [1.54, 1.807) is 12.1 Å². The van der Waals surface area contributed by atoms with Crippen molar-refractivity contribution in [2.75, 3.05) is 12.4 Å². The Labute approximate surface area is 151 Å².